The fourth-order valence-corrected chi connectivity index (χ4v) is 5.23. The molecule has 1 nitrogen and oxygen atoms in total. The number of nitrogens with zero attached hydrogens (tertiary/aromatic N) is 1. The van der Waals surface area contributed by atoms with Crippen molar-refractivity contribution in [2.75, 3.05) is 13.6 Å². The van der Waals surface area contributed by atoms with Gasteiger partial charge in [0, 0.05) is 6.04 Å². The molecule has 1 aliphatic rings. The molecule has 0 heterocycles. The molecule has 0 bridgehead atoms. The molecular weight excluding hydrogens is 374 g/mol. The van der Waals surface area contributed by atoms with Crippen molar-refractivity contribution < 1.29 is 0 Å². The maximum absolute atomic E-state index is 2.52. The van der Waals surface area contributed by atoms with Gasteiger partial charge in [-0.15, -0.1) is 0 Å². The van der Waals surface area contributed by atoms with Gasteiger partial charge >= 0.3 is 0 Å². The molecule has 4 unspecified atom stereocenters. The minimum Gasteiger partial charge on any atom is -0.296 e. The smallest absolute Gasteiger partial charge is 0.0459 e. The van der Waals surface area contributed by atoms with E-state index in [9.17, 15) is 0 Å². The van der Waals surface area contributed by atoms with Gasteiger partial charge in [0.05, 0.1) is 0 Å². The van der Waals surface area contributed by atoms with E-state index in [1.165, 1.54) is 57.9 Å². The van der Waals surface area contributed by atoms with Crippen LogP contribution in [0.3, 0.4) is 0 Å². The summed E-state index contributed by atoms with van der Waals surface area (Å²) < 4.78 is 0. The van der Waals surface area contributed by atoms with E-state index in [0.29, 0.717) is 17.9 Å². The Bertz CT molecular complexity index is 515. The van der Waals surface area contributed by atoms with Gasteiger partial charge in [-0.2, -0.15) is 0 Å². The summed E-state index contributed by atoms with van der Waals surface area (Å²) in [7, 11) is 2.29. The van der Waals surface area contributed by atoms with Crippen LogP contribution >= 0.6 is 0 Å². The highest BCUT2D eigenvalue weighted by atomic mass is 15.1. The summed E-state index contributed by atoms with van der Waals surface area (Å²) in [6, 6.07) is 0.483. The van der Waals surface area contributed by atoms with Crippen LogP contribution in [0, 0.1) is 35.5 Å². The second-order valence-corrected chi connectivity index (χ2v) is 11.0. The Morgan fingerprint density at radius 3 is 2.10 bits per heavy atom. The molecule has 0 amide bonds. The van der Waals surface area contributed by atoms with E-state index in [2.05, 4.69) is 96.9 Å². The fourth-order valence-electron chi connectivity index (χ4n) is 5.23. The van der Waals surface area contributed by atoms with Gasteiger partial charge in [-0.05, 0) is 74.8 Å². The van der Waals surface area contributed by atoms with Crippen molar-refractivity contribution in [3.8, 4) is 0 Å². The molecule has 0 aromatic heterocycles. The molecule has 180 valence electrons. The Kier molecular flexibility index (Phi) is 14.5. The first kappa shape index (κ1) is 28.2. The van der Waals surface area contributed by atoms with Crippen LogP contribution < -0.4 is 0 Å². The monoisotopic (exact) mass is 429 g/mol. The molecule has 4 atom stereocenters. The minimum atomic E-state index is 0.483. The third-order valence-corrected chi connectivity index (χ3v) is 7.38. The van der Waals surface area contributed by atoms with Crippen LogP contribution in [0.4, 0.5) is 0 Å². The Morgan fingerprint density at radius 1 is 0.871 bits per heavy atom. The van der Waals surface area contributed by atoms with Gasteiger partial charge in [0.25, 0.3) is 0 Å². The molecule has 0 aromatic carbocycles. The summed E-state index contributed by atoms with van der Waals surface area (Å²) in [4.78, 5) is 2.52. The average Bonchev–Trinajstić information content (AvgIpc) is 2.73. The van der Waals surface area contributed by atoms with Gasteiger partial charge in [0.15, 0.2) is 0 Å². The highest BCUT2D eigenvalue weighted by Crippen LogP contribution is 2.32. The summed E-state index contributed by atoms with van der Waals surface area (Å²) in [5, 5.41) is 0. The number of allylic oxidation sites excluding steroid dienone is 4. The largest absolute Gasteiger partial charge is 0.296 e. The lowest BCUT2D eigenvalue weighted by molar-refractivity contribution is 0.261. The molecule has 1 rings (SSSR count). The van der Waals surface area contributed by atoms with Gasteiger partial charge in [-0.3, -0.25) is 4.90 Å². The van der Waals surface area contributed by atoms with Crippen molar-refractivity contribution in [3.63, 3.8) is 0 Å². The predicted molar refractivity (Wildman–Crippen MR) is 141 cm³/mol. The molecule has 1 heteroatoms. The lowest BCUT2D eigenvalue weighted by atomic mass is 9.77. The highest BCUT2D eigenvalue weighted by molar-refractivity contribution is 5.18. The number of hydrogen-bond donors (Lipinski definition) is 0. The topological polar surface area (TPSA) is 3.24 Å². The van der Waals surface area contributed by atoms with Crippen LogP contribution in [0.25, 0.3) is 0 Å². The zero-order chi connectivity index (χ0) is 23.2. The molecule has 0 saturated heterocycles. The van der Waals surface area contributed by atoms with E-state index in [4.69, 9.17) is 0 Å². The molecule has 0 aliphatic heterocycles. The summed E-state index contributed by atoms with van der Waals surface area (Å²) in [6.07, 6.45) is 25.3. The SMILES string of the molecule is CCCC(C)CCCN(C)C1C=CC(C(C)CC(C)C(C/C=C\C(C)C)CCC)C=C1. The fraction of sp³-hybridized carbons (Fsp3) is 0.800. The van der Waals surface area contributed by atoms with E-state index >= 15 is 0 Å². The van der Waals surface area contributed by atoms with Crippen LogP contribution in [0.1, 0.15) is 99.8 Å². The number of hydrogen-bond acceptors (Lipinski definition) is 1. The number of rotatable bonds is 16. The van der Waals surface area contributed by atoms with Crippen molar-refractivity contribution in [2.24, 2.45) is 35.5 Å². The normalized spacial score (nSPS) is 23.0. The predicted octanol–water partition coefficient (Wildman–Crippen LogP) is 8.93. The van der Waals surface area contributed by atoms with Gasteiger partial charge < -0.3 is 0 Å². The van der Waals surface area contributed by atoms with E-state index < -0.39 is 0 Å². The van der Waals surface area contributed by atoms with Crippen LogP contribution in [0.15, 0.2) is 36.5 Å². The molecule has 0 N–H and O–H groups in total. The first-order chi connectivity index (χ1) is 14.8. The highest BCUT2D eigenvalue weighted by Gasteiger charge is 2.23. The van der Waals surface area contributed by atoms with E-state index in [0.717, 1.165) is 23.7 Å². The Balaban J connectivity index is 2.47. The van der Waals surface area contributed by atoms with Crippen molar-refractivity contribution in [3.05, 3.63) is 36.5 Å². The molecule has 0 fully saturated rings. The summed E-state index contributed by atoms with van der Waals surface area (Å²) in [5.74, 6) is 4.48. The molecule has 0 spiro atoms. The molecule has 0 radical (unpaired) electrons. The van der Waals surface area contributed by atoms with Gasteiger partial charge in [-0.1, -0.05) is 111 Å². The van der Waals surface area contributed by atoms with Crippen LogP contribution in [-0.4, -0.2) is 24.5 Å². The quantitative estimate of drug-likeness (QED) is 0.221. The minimum absolute atomic E-state index is 0.483. The average molecular weight is 430 g/mol. The summed E-state index contributed by atoms with van der Waals surface area (Å²) in [5.41, 5.74) is 0. The zero-order valence-electron chi connectivity index (χ0n) is 22.3. The van der Waals surface area contributed by atoms with Crippen LogP contribution in [0.5, 0.6) is 0 Å². The van der Waals surface area contributed by atoms with Crippen LogP contribution in [-0.2, 0) is 0 Å². The number of likely N-dealkylation sites (N-methyl/N-ethyl adjacent to an activating group) is 1. The zero-order valence-corrected chi connectivity index (χ0v) is 22.3. The second kappa shape index (κ2) is 15.9. The molecule has 0 aromatic rings. The Hall–Kier alpha value is -0.820. The molecule has 0 saturated carbocycles. The standard InChI is InChI=1S/C30H55N/c1-9-13-25(5)16-12-22-31(8)30-20-18-29(19-21-30)27(7)23-26(6)28(14-10-2)17-11-15-24(3)4/h11,15,18-21,24-30H,9-10,12-14,16-17,22-23H2,1-8H3/b15-11-. The van der Waals surface area contributed by atoms with E-state index in [-0.39, 0.29) is 0 Å². The third kappa shape index (κ3) is 11.6. The lowest BCUT2D eigenvalue weighted by Crippen LogP contribution is -2.31. The van der Waals surface area contributed by atoms with Crippen molar-refractivity contribution in [2.45, 2.75) is 106 Å². The van der Waals surface area contributed by atoms with Crippen molar-refractivity contribution in [1.29, 1.82) is 0 Å². The molecule has 31 heavy (non-hydrogen) atoms. The summed E-state index contributed by atoms with van der Waals surface area (Å²) >= 11 is 0. The van der Waals surface area contributed by atoms with Gasteiger partial charge in [0.1, 0.15) is 0 Å². The van der Waals surface area contributed by atoms with E-state index in [1.54, 1.807) is 0 Å². The Labute approximate surface area is 196 Å². The van der Waals surface area contributed by atoms with Gasteiger partial charge in [-0.25, -0.2) is 0 Å². The first-order valence-corrected chi connectivity index (χ1v) is 13.5. The summed E-state index contributed by atoms with van der Waals surface area (Å²) in [6.45, 7) is 17.7. The third-order valence-electron chi connectivity index (χ3n) is 7.38. The van der Waals surface area contributed by atoms with Crippen LogP contribution in [0.2, 0.25) is 0 Å². The molecular formula is C30H55N. The Morgan fingerprint density at radius 2 is 1.52 bits per heavy atom. The van der Waals surface area contributed by atoms with Gasteiger partial charge in [0.2, 0.25) is 0 Å². The molecule has 1 aliphatic carbocycles. The maximum atomic E-state index is 2.52. The van der Waals surface area contributed by atoms with Crippen molar-refractivity contribution >= 4 is 0 Å². The first-order valence-electron chi connectivity index (χ1n) is 13.5. The van der Waals surface area contributed by atoms with Crippen molar-refractivity contribution in [1.82, 2.24) is 4.90 Å². The van der Waals surface area contributed by atoms with E-state index in [1.807, 2.05) is 0 Å². The second-order valence-electron chi connectivity index (χ2n) is 11.0. The lowest BCUT2D eigenvalue weighted by Gasteiger charge is -2.31. The maximum Gasteiger partial charge on any atom is 0.0459 e.